The van der Waals surface area contributed by atoms with Gasteiger partial charge in [-0.2, -0.15) is 0 Å². The summed E-state index contributed by atoms with van der Waals surface area (Å²) in [6.07, 6.45) is 3.64. The Hall–Kier alpha value is -1.90. The standard InChI is InChI=1S/C16H20FN5OS/c1-22-7-5-19-16(22)24-8-6-18-15(23)13-10-20-21-14(13)11-3-2-4-12(17)9-11/h2-5,7,9,13-14,20-21H,6,8,10H2,1H3,(H,18,23). The van der Waals surface area contributed by atoms with Gasteiger partial charge in [0.1, 0.15) is 5.82 Å². The van der Waals surface area contributed by atoms with Gasteiger partial charge in [-0.3, -0.25) is 10.2 Å². The maximum atomic E-state index is 13.4. The van der Waals surface area contributed by atoms with E-state index in [4.69, 9.17) is 0 Å². The predicted molar refractivity (Wildman–Crippen MR) is 90.7 cm³/mol. The lowest BCUT2D eigenvalue weighted by Crippen LogP contribution is -2.36. The molecule has 8 heteroatoms. The Labute approximate surface area is 144 Å². The largest absolute Gasteiger partial charge is 0.355 e. The van der Waals surface area contributed by atoms with E-state index in [0.29, 0.717) is 13.1 Å². The van der Waals surface area contributed by atoms with Gasteiger partial charge in [0.25, 0.3) is 0 Å². The number of rotatable bonds is 6. The zero-order valence-corrected chi connectivity index (χ0v) is 14.1. The summed E-state index contributed by atoms with van der Waals surface area (Å²) in [5, 5.41) is 3.87. The summed E-state index contributed by atoms with van der Waals surface area (Å²) < 4.78 is 15.3. The monoisotopic (exact) mass is 349 g/mol. The molecule has 0 spiro atoms. The van der Waals surface area contributed by atoms with Gasteiger partial charge in [0.15, 0.2) is 5.16 Å². The average Bonchev–Trinajstić information content (AvgIpc) is 3.20. The van der Waals surface area contributed by atoms with Crippen molar-refractivity contribution in [2.45, 2.75) is 11.2 Å². The molecule has 2 atom stereocenters. The quantitative estimate of drug-likeness (QED) is 0.541. The third kappa shape index (κ3) is 3.95. The predicted octanol–water partition coefficient (Wildman–Crippen LogP) is 1.23. The zero-order valence-electron chi connectivity index (χ0n) is 13.3. The van der Waals surface area contributed by atoms with Gasteiger partial charge in [-0.05, 0) is 17.7 Å². The number of carbonyl (C=O) groups is 1. The molecule has 24 heavy (non-hydrogen) atoms. The number of nitrogens with zero attached hydrogens (tertiary/aromatic N) is 2. The smallest absolute Gasteiger partial charge is 0.226 e. The maximum Gasteiger partial charge on any atom is 0.226 e. The molecule has 0 bridgehead atoms. The second-order valence-corrected chi connectivity index (χ2v) is 6.69. The van der Waals surface area contributed by atoms with Crippen LogP contribution in [0.15, 0.2) is 41.8 Å². The number of thioether (sulfide) groups is 1. The Balaban J connectivity index is 1.51. The van der Waals surface area contributed by atoms with Crippen molar-refractivity contribution in [1.29, 1.82) is 0 Å². The summed E-state index contributed by atoms with van der Waals surface area (Å²) in [6, 6.07) is 6.11. The molecule has 1 amide bonds. The van der Waals surface area contributed by atoms with Gasteiger partial charge in [-0.15, -0.1) is 0 Å². The number of carbonyl (C=O) groups excluding carboxylic acids is 1. The van der Waals surface area contributed by atoms with Crippen LogP contribution in [0.25, 0.3) is 0 Å². The molecular formula is C16H20FN5OS. The van der Waals surface area contributed by atoms with E-state index in [2.05, 4.69) is 21.2 Å². The van der Waals surface area contributed by atoms with Crippen LogP contribution >= 0.6 is 11.8 Å². The molecule has 1 aliphatic rings. The lowest BCUT2D eigenvalue weighted by molar-refractivity contribution is -0.124. The SMILES string of the molecule is Cn1ccnc1SCCNC(=O)C1CNNC1c1cccc(F)c1. The molecule has 2 heterocycles. The van der Waals surface area contributed by atoms with E-state index < -0.39 is 0 Å². The lowest BCUT2D eigenvalue weighted by Gasteiger charge is -2.18. The van der Waals surface area contributed by atoms with E-state index in [1.807, 2.05) is 23.9 Å². The van der Waals surface area contributed by atoms with E-state index in [1.54, 1.807) is 24.0 Å². The number of nitrogens with one attached hydrogen (secondary N) is 3. The van der Waals surface area contributed by atoms with Gasteiger partial charge < -0.3 is 9.88 Å². The number of hydrogen-bond acceptors (Lipinski definition) is 5. The normalized spacial score (nSPS) is 20.2. The molecule has 1 saturated heterocycles. The van der Waals surface area contributed by atoms with Crippen LogP contribution in [0.5, 0.6) is 0 Å². The molecule has 0 aliphatic carbocycles. The van der Waals surface area contributed by atoms with Crippen LogP contribution in [0, 0.1) is 11.7 Å². The molecule has 1 fully saturated rings. The fourth-order valence-corrected chi connectivity index (χ4v) is 3.48. The molecule has 1 aromatic carbocycles. The molecule has 128 valence electrons. The van der Waals surface area contributed by atoms with Crippen LogP contribution in [0.4, 0.5) is 4.39 Å². The number of imidazole rings is 1. The number of hydrogen-bond donors (Lipinski definition) is 3. The average molecular weight is 349 g/mol. The Morgan fingerprint density at radius 3 is 3.17 bits per heavy atom. The topological polar surface area (TPSA) is 71.0 Å². The van der Waals surface area contributed by atoms with E-state index in [0.717, 1.165) is 16.5 Å². The van der Waals surface area contributed by atoms with E-state index in [-0.39, 0.29) is 23.7 Å². The molecule has 3 N–H and O–H groups in total. The first kappa shape index (κ1) is 16.9. The van der Waals surface area contributed by atoms with Gasteiger partial charge in [0, 0.05) is 38.3 Å². The molecule has 1 aromatic heterocycles. The van der Waals surface area contributed by atoms with Gasteiger partial charge >= 0.3 is 0 Å². The first-order valence-electron chi connectivity index (χ1n) is 7.77. The second kappa shape index (κ2) is 7.78. The zero-order chi connectivity index (χ0) is 16.9. The van der Waals surface area contributed by atoms with E-state index in [9.17, 15) is 9.18 Å². The van der Waals surface area contributed by atoms with Gasteiger partial charge in [-0.1, -0.05) is 23.9 Å². The van der Waals surface area contributed by atoms with Crippen LogP contribution in [0.3, 0.4) is 0 Å². The Bertz CT molecular complexity index is 707. The summed E-state index contributed by atoms with van der Waals surface area (Å²) >= 11 is 1.59. The van der Waals surface area contributed by atoms with Crippen LogP contribution in [-0.4, -0.2) is 34.3 Å². The number of aryl methyl sites for hydroxylation is 1. The highest BCUT2D eigenvalue weighted by molar-refractivity contribution is 7.99. The Morgan fingerprint density at radius 1 is 1.54 bits per heavy atom. The summed E-state index contributed by atoms with van der Waals surface area (Å²) in [5.41, 5.74) is 6.81. The molecule has 0 radical (unpaired) electrons. The summed E-state index contributed by atoms with van der Waals surface area (Å²) in [6.45, 7) is 1.07. The molecule has 2 aromatic rings. The van der Waals surface area contributed by atoms with E-state index >= 15 is 0 Å². The highest BCUT2D eigenvalue weighted by atomic mass is 32.2. The first-order valence-corrected chi connectivity index (χ1v) is 8.75. The van der Waals surface area contributed by atoms with Gasteiger partial charge in [0.2, 0.25) is 5.91 Å². The van der Waals surface area contributed by atoms with Crippen LogP contribution in [0.1, 0.15) is 11.6 Å². The van der Waals surface area contributed by atoms with Crippen molar-refractivity contribution in [1.82, 2.24) is 25.7 Å². The minimum atomic E-state index is -0.299. The second-order valence-electron chi connectivity index (χ2n) is 5.62. The van der Waals surface area contributed by atoms with Crippen LogP contribution in [0.2, 0.25) is 0 Å². The third-order valence-corrected chi connectivity index (χ3v) is 5.00. The summed E-state index contributed by atoms with van der Waals surface area (Å²) in [7, 11) is 1.94. The third-order valence-electron chi connectivity index (χ3n) is 3.94. The fourth-order valence-electron chi connectivity index (χ4n) is 2.70. The highest BCUT2D eigenvalue weighted by Gasteiger charge is 2.33. The fraction of sp³-hybridized carbons (Fsp3) is 0.375. The van der Waals surface area contributed by atoms with Crippen molar-refractivity contribution in [2.24, 2.45) is 13.0 Å². The van der Waals surface area contributed by atoms with E-state index in [1.165, 1.54) is 12.1 Å². The molecule has 2 unspecified atom stereocenters. The van der Waals surface area contributed by atoms with Crippen molar-refractivity contribution < 1.29 is 9.18 Å². The molecule has 1 aliphatic heterocycles. The number of hydrazine groups is 1. The maximum absolute atomic E-state index is 13.4. The molecule has 6 nitrogen and oxygen atoms in total. The lowest BCUT2D eigenvalue weighted by atomic mass is 9.94. The summed E-state index contributed by atoms with van der Waals surface area (Å²) in [4.78, 5) is 16.7. The summed E-state index contributed by atoms with van der Waals surface area (Å²) in [5.74, 6) is 0.133. The highest BCUT2D eigenvalue weighted by Crippen LogP contribution is 2.25. The number of amides is 1. The molecular weight excluding hydrogens is 329 g/mol. The van der Waals surface area contributed by atoms with Crippen LogP contribution in [-0.2, 0) is 11.8 Å². The van der Waals surface area contributed by atoms with Crippen molar-refractivity contribution in [2.75, 3.05) is 18.8 Å². The Kier molecular flexibility index (Phi) is 5.49. The first-order chi connectivity index (χ1) is 11.6. The van der Waals surface area contributed by atoms with Crippen molar-refractivity contribution in [3.05, 3.63) is 48.0 Å². The Morgan fingerprint density at radius 2 is 2.42 bits per heavy atom. The molecule has 3 rings (SSSR count). The van der Waals surface area contributed by atoms with Gasteiger partial charge in [0.05, 0.1) is 12.0 Å². The van der Waals surface area contributed by atoms with Crippen molar-refractivity contribution in [3.8, 4) is 0 Å². The van der Waals surface area contributed by atoms with Crippen molar-refractivity contribution >= 4 is 17.7 Å². The minimum absolute atomic E-state index is 0.0396. The van der Waals surface area contributed by atoms with Crippen molar-refractivity contribution in [3.63, 3.8) is 0 Å². The van der Waals surface area contributed by atoms with Crippen LogP contribution < -0.4 is 16.2 Å². The number of halogens is 1. The van der Waals surface area contributed by atoms with Gasteiger partial charge in [-0.25, -0.2) is 14.8 Å². The number of benzene rings is 1. The number of aromatic nitrogens is 2. The molecule has 0 saturated carbocycles. The minimum Gasteiger partial charge on any atom is -0.355 e.